The first-order valence-corrected chi connectivity index (χ1v) is 6.87. The Morgan fingerprint density at radius 3 is 3.00 bits per heavy atom. The molecule has 96 valence electrons. The lowest BCUT2D eigenvalue weighted by molar-refractivity contribution is -0.384. The first-order valence-electron chi connectivity index (χ1n) is 5.75. The van der Waals surface area contributed by atoms with Crippen LogP contribution in [-0.4, -0.2) is 33.6 Å². The molecular weight excluding hydrogens is 300 g/mol. The molecule has 1 fully saturated rings. The van der Waals surface area contributed by atoms with E-state index >= 15 is 0 Å². The fourth-order valence-electron chi connectivity index (χ4n) is 2.18. The Morgan fingerprint density at radius 2 is 2.33 bits per heavy atom. The van der Waals surface area contributed by atoms with Crippen molar-refractivity contribution in [2.75, 3.05) is 11.9 Å². The van der Waals surface area contributed by atoms with Crippen molar-refractivity contribution >= 4 is 27.5 Å². The highest BCUT2D eigenvalue weighted by molar-refractivity contribution is 9.09. The first kappa shape index (κ1) is 13.0. The Morgan fingerprint density at radius 1 is 1.56 bits per heavy atom. The summed E-state index contributed by atoms with van der Waals surface area (Å²) in [5.74, 6) is -0.124. The molecule has 1 aliphatic rings. The zero-order chi connectivity index (χ0) is 13.1. The van der Waals surface area contributed by atoms with E-state index in [1.165, 1.54) is 12.1 Å². The van der Waals surface area contributed by atoms with Gasteiger partial charge >= 0.3 is 0 Å². The predicted molar refractivity (Wildman–Crippen MR) is 70.9 cm³/mol. The Bertz CT molecular complexity index is 478. The van der Waals surface area contributed by atoms with Crippen LogP contribution in [0.4, 0.5) is 5.69 Å². The van der Waals surface area contributed by atoms with Crippen LogP contribution in [-0.2, 0) is 0 Å². The van der Waals surface area contributed by atoms with Gasteiger partial charge in [0.05, 0.1) is 4.92 Å². The average molecular weight is 313 g/mol. The summed E-state index contributed by atoms with van der Waals surface area (Å²) < 4.78 is 0. The third-order valence-electron chi connectivity index (χ3n) is 3.12. The van der Waals surface area contributed by atoms with Gasteiger partial charge in [0, 0.05) is 35.6 Å². The smallest absolute Gasteiger partial charge is 0.270 e. The molecule has 6 heteroatoms. The maximum atomic E-state index is 12.3. The highest BCUT2D eigenvalue weighted by Gasteiger charge is 2.28. The van der Waals surface area contributed by atoms with Gasteiger partial charge in [-0.1, -0.05) is 22.0 Å². The van der Waals surface area contributed by atoms with Crippen LogP contribution in [0.3, 0.4) is 0 Å². The molecule has 5 nitrogen and oxygen atoms in total. The van der Waals surface area contributed by atoms with Gasteiger partial charge in [0.2, 0.25) is 0 Å². The van der Waals surface area contributed by atoms with E-state index < -0.39 is 4.92 Å². The lowest BCUT2D eigenvalue weighted by Gasteiger charge is -2.22. The number of nitro groups is 1. The summed E-state index contributed by atoms with van der Waals surface area (Å²) in [5.41, 5.74) is 0.340. The van der Waals surface area contributed by atoms with E-state index in [0.717, 1.165) is 24.7 Å². The number of nitro benzene ring substituents is 1. The standard InChI is InChI=1S/C12H13BrN2O3/c13-8-11-5-2-6-14(11)12(16)9-3-1-4-10(7-9)15(17)18/h1,3-4,7,11H,2,5-6,8H2. The van der Waals surface area contributed by atoms with Crippen molar-refractivity contribution in [2.45, 2.75) is 18.9 Å². The van der Waals surface area contributed by atoms with Crippen LogP contribution in [0.1, 0.15) is 23.2 Å². The molecule has 0 saturated carbocycles. The lowest BCUT2D eigenvalue weighted by Crippen LogP contribution is -2.36. The third kappa shape index (κ3) is 2.53. The van der Waals surface area contributed by atoms with Crippen molar-refractivity contribution in [3.05, 3.63) is 39.9 Å². The highest BCUT2D eigenvalue weighted by atomic mass is 79.9. The first-order chi connectivity index (χ1) is 8.63. The average Bonchev–Trinajstić information content (AvgIpc) is 2.86. The number of likely N-dealkylation sites (tertiary alicyclic amines) is 1. The molecular formula is C12H13BrN2O3. The lowest BCUT2D eigenvalue weighted by atomic mass is 10.1. The molecule has 1 aromatic carbocycles. The van der Waals surface area contributed by atoms with E-state index in [0.29, 0.717) is 5.56 Å². The Labute approximate surface area is 113 Å². The molecule has 0 spiro atoms. The van der Waals surface area contributed by atoms with Gasteiger partial charge in [-0.05, 0) is 18.9 Å². The van der Waals surface area contributed by atoms with Crippen LogP contribution < -0.4 is 0 Å². The predicted octanol–water partition coefficient (Wildman–Crippen LogP) is 2.59. The molecule has 0 radical (unpaired) electrons. The topological polar surface area (TPSA) is 63.4 Å². The maximum Gasteiger partial charge on any atom is 0.270 e. The Kier molecular flexibility index (Phi) is 3.96. The van der Waals surface area contributed by atoms with E-state index in [1.807, 2.05) is 0 Å². The van der Waals surface area contributed by atoms with E-state index in [-0.39, 0.29) is 17.6 Å². The molecule has 0 aliphatic carbocycles. The minimum Gasteiger partial charge on any atom is -0.335 e. The normalized spacial score (nSPS) is 18.9. The second-order valence-electron chi connectivity index (χ2n) is 4.26. The molecule has 0 bridgehead atoms. The molecule has 1 amide bonds. The molecule has 1 aromatic rings. The van der Waals surface area contributed by atoms with Gasteiger partial charge in [0.25, 0.3) is 11.6 Å². The number of carbonyl (C=O) groups excluding carboxylic acids is 1. The van der Waals surface area contributed by atoms with Crippen molar-refractivity contribution in [3.8, 4) is 0 Å². The molecule has 2 rings (SSSR count). The second-order valence-corrected chi connectivity index (χ2v) is 4.90. The zero-order valence-corrected chi connectivity index (χ0v) is 11.3. The maximum absolute atomic E-state index is 12.3. The summed E-state index contributed by atoms with van der Waals surface area (Å²) in [6.45, 7) is 0.720. The van der Waals surface area contributed by atoms with Crippen molar-refractivity contribution in [1.82, 2.24) is 4.90 Å². The zero-order valence-electron chi connectivity index (χ0n) is 9.71. The number of alkyl halides is 1. The number of rotatable bonds is 3. The molecule has 18 heavy (non-hydrogen) atoms. The number of non-ortho nitro benzene ring substituents is 1. The van der Waals surface area contributed by atoms with Gasteiger partial charge in [-0.15, -0.1) is 0 Å². The van der Waals surface area contributed by atoms with Gasteiger partial charge in [0.15, 0.2) is 0 Å². The summed E-state index contributed by atoms with van der Waals surface area (Å²) in [6, 6.07) is 6.09. The number of halogens is 1. The summed E-state index contributed by atoms with van der Waals surface area (Å²) in [6.07, 6.45) is 1.96. The second kappa shape index (κ2) is 5.48. The van der Waals surface area contributed by atoms with Gasteiger partial charge in [-0.25, -0.2) is 0 Å². The van der Waals surface area contributed by atoms with Crippen molar-refractivity contribution in [1.29, 1.82) is 0 Å². The van der Waals surface area contributed by atoms with Gasteiger partial charge in [0.1, 0.15) is 0 Å². The summed E-state index contributed by atoms with van der Waals surface area (Å²) >= 11 is 3.39. The largest absolute Gasteiger partial charge is 0.335 e. The third-order valence-corrected chi connectivity index (χ3v) is 3.87. The number of amides is 1. The van der Waals surface area contributed by atoms with E-state index in [1.54, 1.807) is 17.0 Å². The number of benzene rings is 1. The minimum absolute atomic E-state index is 0.0459. The molecule has 1 aliphatic heterocycles. The van der Waals surface area contributed by atoms with Crippen LogP contribution >= 0.6 is 15.9 Å². The fraction of sp³-hybridized carbons (Fsp3) is 0.417. The van der Waals surface area contributed by atoms with Crippen LogP contribution in [0.15, 0.2) is 24.3 Å². The van der Waals surface area contributed by atoms with Crippen LogP contribution in [0.5, 0.6) is 0 Å². The molecule has 0 N–H and O–H groups in total. The van der Waals surface area contributed by atoms with E-state index in [2.05, 4.69) is 15.9 Å². The van der Waals surface area contributed by atoms with Crippen LogP contribution in [0.25, 0.3) is 0 Å². The van der Waals surface area contributed by atoms with Gasteiger partial charge in [-0.2, -0.15) is 0 Å². The molecule has 0 aromatic heterocycles. The number of hydrogen-bond acceptors (Lipinski definition) is 3. The van der Waals surface area contributed by atoms with Gasteiger partial charge in [-0.3, -0.25) is 14.9 Å². The summed E-state index contributed by atoms with van der Waals surface area (Å²) in [5, 5.41) is 11.4. The SMILES string of the molecule is O=C(c1cccc([N+](=O)[O-])c1)N1CCCC1CBr. The van der Waals surface area contributed by atoms with Crippen molar-refractivity contribution in [2.24, 2.45) is 0 Å². The number of hydrogen-bond donors (Lipinski definition) is 0. The monoisotopic (exact) mass is 312 g/mol. The van der Waals surface area contributed by atoms with E-state index in [9.17, 15) is 14.9 Å². The molecule has 1 saturated heterocycles. The number of carbonyl (C=O) groups is 1. The minimum atomic E-state index is -0.483. The molecule has 1 unspecified atom stereocenters. The summed E-state index contributed by atoms with van der Waals surface area (Å²) in [7, 11) is 0. The van der Waals surface area contributed by atoms with Crippen LogP contribution in [0, 0.1) is 10.1 Å². The Hall–Kier alpha value is -1.43. The van der Waals surface area contributed by atoms with E-state index in [4.69, 9.17) is 0 Å². The van der Waals surface area contributed by atoms with Crippen LogP contribution in [0.2, 0.25) is 0 Å². The highest BCUT2D eigenvalue weighted by Crippen LogP contribution is 2.23. The fourth-order valence-corrected chi connectivity index (χ4v) is 2.86. The summed E-state index contributed by atoms with van der Waals surface area (Å²) in [4.78, 5) is 24.3. The quantitative estimate of drug-likeness (QED) is 0.489. The molecule has 1 heterocycles. The number of nitrogens with zero attached hydrogens (tertiary/aromatic N) is 2. The van der Waals surface area contributed by atoms with Crippen molar-refractivity contribution in [3.63, 3.8) is 0 Å². The molecule has 1 atom stereocenters. The van der Waals surface area contributed by atoms with Gasteiger partial charge < -0.3 is 4.90 Å². The van der Waals surface area contributed by atoms with Crippen molar-refractivity contribution < 1.29 is 9.72 Å². The Balaban J connectivity index is 2.23.